The van der Waals surface area contributed by atoms with Gasteiger partial charge < -0.3 is 9.15 Å². The summed E-state index contributed by atoms with van der Waals surface area (Å²) in [6.07, 6.45) is 0.342. The number of halogens is 2. The molecule has 1 aliphatic rings. The molecule has 2 aromatic carbocycles. The third kappa shape index (κ3) is 4.69. The first-order chi connectivity index (χ1) is 15.7. The minimum absolute atomic E-state index is 0.0307. The molecule has 2 heterocycles. The van der Waals surface area contributed by atoms with Gasteiger partial charge in [0.15, 0.2) is 5.58 Å². The van der Waals surface area contributed by atoms with Crippen molar-refractivity contribution >= 4 is 27.1 Å². The number of carbonyl (C=O) groups excluding carboxylic acids is 1. The second-order valence-electron chi connectivity index (χ2n) is 7.81. The van der Waals surface area contributed by atoms with Gasteiger partial charge in [0, 0.05) is 31.3 Å². The Morgan fingerprint density at radius 3 is 2.61 bits per heavy atom. The summed E-state index contributed by atoms with van der Waals surface area (Å²) in [7, 11) is -3.68. The number of aryl methyl sites for hydroxylation is 1. The van der Waals surface area contributed by atoms with Gasteiger partial charge in [-0.1, -0.05) is 0 Å². The largest absolute Gasteiger partial charge is 0.458 e. The molecule has 1 unspecified atom stereocenters. The highest BCUT2D eigenvalue weighted by molar-refractivity contribution is 7.89. The van der Waals surface area contributed by atoms with E-state index in [2.05, 4.69) is 0 Å². The van der Waals surface area contributed by atoms with Crippen LogP contribution in [-0.4, -0.2) is 36.3 Å². The molecule has 1 atom stereocenters. The molecule has 0 radical (unpaired) electrons. The SMILES string of the molecule is CC(OC(=O)CCn1c(=O)oc2cc(S(=O)(=O)N3CCCC3)ccc21)c1cc(F)ccc1F. The van der Waals surface area contributed by atoms with Crippen molar-refractivity contribution in [3.63, 3.8) is 0 Å². The summed E-state index contributed by atoms with van der Waals surface area (Å²) in [5.41, 5.74) is 0.322. The zero-order chi connectivity index (χ0) is 23.8. The van der Waals surface area contributed by atoms with Gasteiger partial charge >= 0.3 is 11.7 Å². The molecule has 3 aromatic rings. The first kappa shape index (κ1) is 23.1. The van der Waals surface area contributed by atoms with E-state index in [1.807, 2.05) is 0 Å². The number of carbonyl (C=O) groups is 1. The highest BCUT2D eigenvalue weighted by Crippen LogP contribution is 2.25. The number of aromatic nitrogens is 1. The van der Waals surface area contributed by atoms with Gasteiger partial charge in [0.25, 0.3) is 0 Å². The van der Waals surface area contributed by atoms with Gasteiger partial charge in [-0.2, -0.15) is 4.31 Å². The number of esters is 1. The van der Waals surface area contributed by atoms with Crippen molar-refractivity contribution in [2.75, 3.05) is 13.1 Å². The molecule has 0 amide bonds. The van der Waals surface area contributed by atoms with Gasteiger partial charge in [-0.05, 0) is 50.1 Å². The Hall–Kier alpha value is -3.05. The van der Waals surface area contributed by atoms with Crippen molar-refractivity contribution in [1.82, 2.24) is 8.87 Å². The maximum Gasteiger partial charge on any atom is 0.419 e. The molecule has 0 aliphatic carbocycles. The van der Waals surface area contributed by atoms with Crippen LogP contribution in [0.25, 0.3) is 11.1 Å². The number of oxazole rings is 1. The summed E-state index contributed by atoms with van der Waals surface area (Å²) in [4.78, 5) is 24.5. The third-order valence-electron chi connectivity index (χ3n) is 5.59. The number of fused-ring (bicyclic) bond motifs is 1. The third-order valence-corrected chi connectivity index (χ3v) is 7.48. The van der Waals surface area contributed by atoms with E-state index in [4.69, 9.17) is 9.15 Å². The monoisotopic (exact) mass is 480 g/mol. The molecule has 4 rings (SSSR count). The van der Waals surface area contributed by atoms with Crippen molar-refractivity contribution in [3.8, 4) is 0 Å². The second-order valence-corrected chi connectivity index (χ2v) is 9.75. The van der Waals surface area contributed by atoms with Gasteiger partial charge in [0.2, 0.25) is 10.0 Å². The van der Waals surface area contributed by atoms with Crippen LogP contribution in [-0.2, 0) is 26.1 Å². The molecule has 0 bridgehead atoms. The fourth-order valence-electron chi connectivity index (χ4n) is 3.85. The predicted octanol–water partition coefficient (Wildman–Crippen LogP) is 3.35. The predicted molar refractivity (Wildman–Crippen MR) is 114 cm³/mol. The molecule has 0 spiro atoms. The lowest BCUT2D eigenvalue weighted by Gasteiger charge is -2.15. The van der Waals surface area contributed by atoms with E-state index < -0.39 is 39.5 Å². The van der Waals surface area contributed by atoms with E-state index in [1.54, 1.807) is 0 Å². The van der Waals surface area contributed by atoms with Crippen LogP contribution in [0, 0.1) is 11.6 Å². The van der Waals surface area contributed by atoms with Crippen LogP contribution in [0.1, 0.15) is 37.9 Å². The lowest BCUT2D eigenvalue weighted by molar-refractivity contribution is -0.149. The molecular formula is C22H22F2N2O6S. The summed E-state index contributed by atoms with van der Waals surface area (Å²) in [5.74, 6) is -2.83. The number of sulfonamides is 1. The standard InChI is InChI=1S/C22H22F2N2O6S/c1-14(17-12-15(23)4-6-18(17)24)31-21(27)8-11-26-19-7-5-16(13-20(19)32-22(26)28)33(29,30)25-9-2-3-10-25/h4-7,12-14H,2-3,8-11H2,1H3. The Kier molecular flexibility index (Phi) is 6.35. The second kappa shape index (κ2) is 9.06. The zero-order valence-electron chi connectivity index (χ0n) is 17.8. The minimum Gasteiger partial charge on any atom is -0.458 e. The van der Waals surface area contributed by atoms with E-state index in [-0.39, 0.29) is 29.0 Å². The van der Waals surface area contributed by atoms with Gasteiger partial charge in [-0.15, -0.1) is 0 Å². The maximum atomic E-state index is 13.9. The molecular weight excluding hydrogens is 458 g/mol. The number of hydrogen-bond donors (Lipinski definition) is 0. The summed E-state index contributed by atoms with van der Waals surface area (Å²) in [6, 6.07) is 7.02. The Bertz CT molecular complexity index is 1360. The van der Waals surface area contributed by atoms with E-state index in [0.29, 0.717) is 18.6 Å². The van der Waals surface area contributed by atoms with E-state index in [9.17, 15) is 26.8 Å². The summed E-state index contributed by atoms with van der Waals surface area (Å²) in [6.45, 7) is 2.22. The highest BCUT2D eigenvalue weighted by Gasteiger charge is 2.28. The van der Waals surface area contributed by atoms with Crippen LogP contribution in [0.2, 0.25) is 0 Å². The topological polar surface area (TPSA) is 98.8 Å². The number of hydrogen-bond acceptors (Lipinski definition) is 6. The quantitative estimate of drug-likeness (QED) is 0.481. The fraction of sp³-hybridized carbons (Fsp3) is 0.364. The zero-order valence-corrected chi connectivity index (χ0v) is 18.6. The highest BCUT2D eigenvalue weighted by atomic mass is 32.2. The minimum atomic E-state index is -3.68. The first-order valence-electron chi connectivity index (χ1n) is 10.4. The van der Waals surface area contributed by atoms with Gasteiger partial charge in [-0.3, -0.25) is 9.36 Å². The Morgan fingerprint density at radius 1 is 1.15 bits per heavy atom. The van der Waals surface area contributed by atoms with Crippen LogP contribution in [0.4, 0.5) is 8.78 Å². The lowest BCUT2D eigenvalue weighted by Crippen LogP contribution is -2.27. The van der Waals surface area contributed by atoms with E-state index in [0.717, 1.165) is 31.0 Å². The van der Waals surface area contributed by atoms with Crippen molar-refractivity contribution in [1.29, 1.82) is 0 Å². The summed E-state index contributed by atoms with van der Waals surface area (Å²) >= 11 is 0. The smallest absolute Gasteiger partial charge is 0.419 e. The number of nitrogens with zero attached hydrogens (tertiary/aromatic N) is 2. The van der Waals surface area contributed by atoms with Crippen molar-refractivity contribution < 1.29 is 31.1 Å². The Balaban J connectivity index is 1.47. The molecule has 1 fully saturated rings. The summed E-state index contributed by atoms with van der Waals surface area (Å²) in [5, 5.41) is 0. The first-order valence-corrected chi connectivity index (χ1v) is 11.9. The lowest BCUT2D eigenvalue weighted by atomic mass is 10.1. The molecule has 0 N–H and O–H groups in total. The van der Waals surface area contributed by atoms with Crippen LogP contribution in [0.3, 0.4) is 0 Å². The molecule has 11 heteroatoms. The summed E-state index contributed by atoms with van der Waals surface area (Å²) < 4.78 is 65.6. The molecule has 1 aromatic heterocycles. The van der Waals surface area contributed by atoms with Crippen LogP contribution in [0.15, 0.2) is 50.5 Å². The molecule has 1 aliphatic heterocycles. The Morgan fingerprint density at radius 2 is 1.88 bits per heavy atom. The fourth-order valence-corrected chi connectivity index (χ4v) is 5.38. The van der Waals surface area contributed by atoms with Crippen molar-refractivity contribution in [2.24, 2.45) is 0 Å². The van der Waals surface area contributed by atoms with Crippen molar-refractivity contribution in [3.05, 3.63) is 64.1 Å². The molecule has 8 nitrogen and oxygen atoms in total. The number of rotatable bonds is 7. The molecule has 33 heavy (non-hydrogen) atoms. The average Bonchev–Trinajstić information content (AvgIpc) is 3.41. The van der Waals surface area contributed by atoms with Crippen LogP contribution < -0.4 is 5.76 Å². The van der Waals surface area contributed by atoms with Gasteiger partial charge in [-0.25, -0.2) is 22.0 Å². The maximum absolute atomic E-state index is 13.9. The van der Waals surface area contributed by atoms with Crippen LogP contribution in [0.5, 0.6) is 0 Å². The number of ether oxygens (including phenoxy) is 1. The van der Waals surface area contributed by atoms with E-state index >= 15 is 0 Å². The van der Waals surface area contributed by atoms with Crippen LogP contribution >= 0.6 is 0 Å². The normalized spacial score (nSPS) is 15.7. The van der Waals surface area contributed by atoms with Crippen molar-refractivity contribution in [2.45, 2.75) is 43.7 Å². The molecule has 176 valence electrons. The van der Waals surface area contributed by atoms with E-state index in [1.165, 1.54) is 34.0 Å². The van der Waals surface area contributed by atoms with Gasteiger partial charge in [0.1, 0.15) is 17.7 Å². The Labute approximate surface area is 188 Å². The van der Waals surface area contributed by atoms with Gasteiger partial charge in [0.05, 0.1) is 16.8 Å². The average molecular weight is 480 g/mol. The molecule has 1 saturated heterocycles. The molecule has 0 saturated carbocycles. The number of benzene rings is 2.